The van der Waals surface area contributed by atoms with Gasteiger partial charge in [0.1, 0.15) is 11.5 Å². The van der Waals surface area contributed by atoms with Crippen LogP contribution in [0.1, 0.15) is 17.5 Å². The first kappa shape index (κ1) is 23.4. The molecule has 0 radical (unpaired) electrons. The van der Waals surface area contributed by atoms with E-state index < -0.39 is 0 Å². The molecular weight excluding hydrogens is 474 g/mol. The first-order valence-electron chi connectivity index (χ1n) is 10.5. The van der Waals surface area contributed by atoms with Crippen LogP contribution in [-0.4, -0.2) is 23.4 Å². The topological polar surface area (TPSA) is 38.8 Å². The number of carbonyl (C=O) groups is 1. The molecule has 3 aromatic carbocycles. The van der Waals surface area contributed by atoms with E-state index >= 15 is 0 Å². The van der Waals surface area contributed by atoms with E-state index in [1.807, 2.05) is 73.7 Å². The van der Waals surface area contributed by atoms with Gasteiger partial charge >= 0.3 is 0 Å². The standard InChI is InChI=1S/C26H22ClNO3S2/c1-18-8-5-6-11-22(18)28-25(29)24(33-26(28)32)17-19-12-13-23(21(27)16-19)31-15-7-14-30-20-9-3-2-4-10-20/h2-6,8-13,16-17H,7,14-15H2,1H3. The number of nitrogens with zero attached hydrogens (tertiary/aromatic N) is 1. The maximum absolute atomic E-state index is 13.0. The predicted molar refractivity (Wildman–Crippen MR) is 140 cm³/mol. The Morgan fingerprint density at radius 2 is 1.73 bits per heavy atom. The Hall–Kier alpha value is -2.80. The smallest absolute Gasteiger partial charge is 0.270 e. The number of thioether (sulfide) groups is 1. The molecule has 7 heteroatoms. The number of hydrogen-bond donors (Lipinski definition) is 0. The van der Waals surface area contributed by atoms with Gasteiger partial charge in [0.15, 0.2) is 4.32 Å². The van der Waals surface area contributed by atoms with Crippen molar-refractivity contribution < 1.29 is 14.3 Å². The largest absolute Gasteiger partial charge is 0.493 e. The third-order valence-corrected chi connectivity index (χ3v) is 6.56. The first-order valence-corrected chi connectivity index (χ1v) is 12.1. The number of anilines is 1. The van der Waals surface area contributed by atoms with Crippen molar-refractivity contribution in [3.05, 3.63) is 93.9 Å². The number of rotatable bonds is 8. The van der Waals surface area contributed by atoms with Crippen molar-refractivity contribution >= 4 is 57.6 Å². The highest BCUT2D eigenvalue weighted by atomic mass is 35.5. The van der Waals surface area contributed by atoms with Crippen LogP contribution in [0.4, 0.5) is 5.69 Å². The summed E-state index contributed by atoms with van der Waals surface area (Å²) in [4.78, 5) is 15.2. The van der Waals surface area contributed by atoms with E-state index in [2.05, 4.69) is 0 Å². The van der Waals surface area contributed by atoms with Crippen molar-refractivity contribution in [2.24, 2.45) is 0 Å². The van der Waals surface area contributed by atoms with Crippen molar-refractivity contribution in [3.8, 4) is 11.5 Å². The highest BCUT2D eigenvalue weighted by molar-refractivity contribution is 8.27. The minimum Gasteiger partial charge on any atom is -0.493 e. The van der Waals surface area contributed by atoms with Crippen molar-refractivity contribution in [3.63, 3.8) is 0 Å². The molecule has 0 aliphatic carbocycles. The number of benzene rings is 3. The number of ether oxygens (including phenoxy) is 2. The summed E-state index contributed by atoms with van der Waals surface area (Å²) >= 11 is 13.2. The zero-order valence-electron chi connectivity index (χ0n) is 18.0. The molecule has 1 aliphatic heterocycles. The van der Waals surface area contributed by atoms with Gasteiger partial charge < -0.3 is 9.47 Å². The second-order valence-electron chi connectivity index (χ2n) is 7.36. The minimum atomic E-state index is -0.130. The van der Waals surface area contributed by atoms with E-state index in [0.29, 0.717) is 33.2 Å². The molecule has 0 saturated carbocycles. The van der Waals surface area contributed by atoms with Crippen molar-refractivity contribution in [2.75, 3.05) is 18.1 Å². The van der Waals surface area contributed by atoms with Crippen LogP contribution in [0, 0.1) is 6.92 Å². The van der Waals surface area contributed by atoms with Crippen LogP contribution in [0.5, 0.6) is 11.5 Å². The number of halogens is 1. The first-order chi connectivity index (χ1) is 16.0. The lowest BCUT2D eigenvalue weighted by Gasteiger charge is -2.16. The summed E-state index contributed by atoms with van der Waals surface area (Å²) in [7, 11) is 0. The summed E-state index contributed by atoms with van der Waals surface area (Å²) in [6.45, 7) is 3.01. The Morgan fingerprint density at radius 3 is 2.48 bits per heavy atom. The fourth-order valence-electron chi connectivity index (χ4n) is 3.31. The van der Waals surface area contributed by atoms with Crippen molar-refractivity contribution in [1.29, 1.82) is 0 Å². The number of aryl methyl sites for hydroxylation is 1. The quantitative estimate of drug-likeness (QED) is 0.193. The molecule has 0 bridgehead atoms. The molecule has 1 aliphatic rings. The Morgan fingerprint density at radius 1 is 1.00 bits per heavy atom. The van der Waals surface area contributed by atoms with Crippen LogP contribution in [0.2, 0.25) is 5.02 Å². The monoisotopic (exact) mass is 495 g/mol. The van der Waals surface area contributed by atoms with Crippen LogP contribution in [0.15, 0.2) is 77.7 Å². The SMILES string of the molecule is Cc1ccccc1N1C(=O)C(=Cc2ccc(OCCCOc3ccccc3)c(Cl)c2)SC1=S. The zero-order valence-corrected chi connectivity index (χ0v) is 20.4. The highest BCUT2D eigenvalue weighted by Gasteiger charge is 2.33. The molecule has 1 fully saturated rings. The van der Waals surface area contributed by atoms with E-state index in [-0.39, 0.29) is 5.91 Å². The average molecular weight is 496 g/mol. The molecular formula is C26H22ClNO3S2. The van der Waals surface area contributed by atoms with Crippen LogP contribution in [-0.2, 0) is 4.79 Å². The molecule has 3 aromatic rings. The van der Waals surface area contributed by atoms with Gasteiger partial charge in [0.05, 0.1) is 28.8 Å². The van der Waals surface area contributed by atoms with Crippen LogP contribution in [0.3, 0.4) is 0 Å². The molecule has 1 saturated heterocycles. The minimum absolute atomic E-state index is 0.130. The molecule has 4 rings (SSSR count). The maximum atomic E-state index is 13.0. The Bertz CT molecular complexity index is 1200. The van der Waals surface area contributed by atoms with E-state index in [1.54, 1.807) is 17.0 Å². The lowest BCUT2D eigenvalue weighted by atomic mass is 10.1. The lowest BCUT2D eigenvalue weighted by molar-refractivity contribution is -0.113. The molecule has 0 unspecified atom stereocenters. The van der Waals surface area contributed by atoms with Gasteiger partial charge in [-0.3, -0.25) is 9.69 Å². The molecule has 4 nitrogen and oxygen atoms in total. The predicted octanol–water partition coefficient (Wildman–Crippen LogP) is 6.90. The molecule has 0 atom stereocenters. The molecule has 0 spiro atoms. The Labute approximate surface area is 208 Å². The maximum Gasteiger partial charge on any atom is 0.270 e. The van der Waals surface area contributed by atoms with Crippen LogP contribution >= 0.6 is 35.6 Å². The van der Waals surface area contributed by atoms with E-state index in [4.69, 9.17) is 33.3 Å². The molecule has 0 aromatic heterocycles. The van der Waals surface area contributed by atoms with Gasteiger partial charge in [-0.15, -0.1) is 0 Å². The van der Waals surface area contributed by atoms with Gasteiger partial charge in [-0.1, -0.05) is 78.0 Å². The van der Waals surface area contributed by atoms with Gasteiger partial charge in [0, 0.05) is 6.42 Å². The van der Waals surface area contributed by atoms with E-state index in [0.717, 1.165) is 29.0 Å². The van der Waals surface area contributed by atoms with Crippen LogP contribution < -0.4 is 14.4 Å². The highest BCUT2D eigenvalue weighted by Crippen LogP contribution is 2.37. The summed E-state index contributed by atoms with van der Waals surface area (Å²) < 4.78 is 12.0. The summed E-state index contributed by atoms with van der Waals surface area (Å²) in [5.41, 5.74) is 2.61. The van der Waals surface area contributed by atoms with Gasteiger partial charge in [0.25, 0.3) is 5.91 Å². The second-order valence-corrected chi connectivity index (χ2v) is 9.44. The number of para-hydroxylation sites is 2. The van der Waals surface area contributed by atoms with Crippen LogP contribution in [0.25, 0.3) is 6.08 Å². The summed E-state index contributed by atoms with van der Waals surface area (Å²) in [6, 6.07) is 22.9. The van der Waals surface area contributed by atoms with Gasteiger partial charge in [-0.25, -0.2) is 0 Å². The van der Waals surface area contributed by atoms with E-state index in [9.17, 15) is 4.79 Å². The van der Waals surface area contributed by atoms with Crippen molar-refractivity contribution in [1.82, 2.24) is 0 Å². The summed E-state index contributed by atoms with van der Waals surface area (Å²) in [6.07, 6.45) is 2.54. The molecule has 33 heavy (non-hydrogen) atoms. The lowest BCUT2D eigenvalue weighted by Crippen LogP contribution is -2.28. The van der Waals surface area contributed by atoms with Gasteiger partial charge in [-0.2, -0.15) is 0 Å². The van der Waals surface area contributed by atoms with Gasteiger partial charge in [-0.05, 0) is 54.5 Å². The third kappa shape index (κ3) is 5.77. The molecule has 1 amide bonds. The Kier molecular flexibility index (Phi) is 7.70. The molecule has 168 valence electrons. The van der Waals surface area contributed by atoms with E-state index in [1.165, 1.54) is 11.8 Å². The zero-order chi connectivity index (χ0) is 23.2. The normalized spacial score (nSPS) is 14.7. The van der Waals surface area contributed by atoms with Crippen molar-refractivity contribution in [2.45, 2.75) is 13.3 Å². The summed E-state index contributed by atoms with van der Waals surface area (Å²) in [5, 5.41) is 0.488. The number of hydrogen-bond acceptors (Lipinski definition) is 5. The average Bonchev–Trinajstić information content (AvgIpc) is 3.08. The number of thiocarbonyl (C=S) groups is 1. The third-order valence-electron chi connectivity index (χ3n) is 4.96. The summed E-state index contributed by atoms with van der Waals surface area (Å²) in [5.74, 6) is 1.31. The molecule has 0 N–H and O–H groups in total. The fraction of sp³-hybridized carbons (Fsp3) is 0.154. The Balaban J connectivity index is 1.36. The number of carbonyl (C=O) groups excluding carboxylic acids is 1. The van der Waals surface area contributed by atoms with Gasteiger partial charge in [0.2, 0.25) is 0 Å². The molecule has 1 heterocycles. The second kappa shape index (κ2) is 10.9. The number of amides is 1. The fourth-order valence-corrected chi connectivity index (χ4v) is 4.84.